The van der Waals surface area contributed by atoms with E-state index in [1.807, 2.05) is 6.07 Å². The van der Waals surface area contributed by atoms with Crippen molar-refractivity contribution >= 4 is 15.9 Å². The summed E-state index contributed by atoms with van der Waals surface area (Å²) >= 11 is 3.56. The Morgan fingerprint density at radius 2 is 2.10 bits per heavy atom. The zero-order valence-corrected chi connectivity index (χ0v) is 13.9. The van der Waals surface area contributed by atoms with Crippen molar-refractivity contribution in [1.82, 2.24) is 9.80 Å². The summed E-state index contributed by atoms with van der Waals surface area (Å²) in [5, 5.41) is 0. The highest BCUT2D eigenvalue weighted by molar-refractivity contribution is 9.10. The smallest absolute Gasteiger partial charge is 0.133 e. The number of hydrogen-bond donors (Lipinski definition) is 1. The minimum absolute atomic E-state index is 0.281. The molecule has 1 atom stereocenters. The van der Waals surface area contributed by atoms with Crippen molar-refractivity contribution in [3.63, 3.8) is 0 Å². The van der Waals surface area contributed by atoms with Crippen LogP contribution in [-0.2, 0) is 0 Å². The molecule has 4 nitrogen and oxygen atoms in total. The van der Waals surface area contributed by atoms with Gasteiger partial charge in [-0.3, -0.25) is 4.90 Å². The first kappa shape index (κ1) is 15.8. The Hall–Kier alpha value is -0.620. The Balaban J connectivity index is 2.16. The minimum atomic E-state index is 0.281. The molecule has 1 aromatic carbocycles. The van der Waals surface area contributed by atoms with Crippen molar-refractivity contribution < 1.29 is 4.74 Å². The van der Waals surface area contributed by atoms with Crippen LogP contribution in [0.4, 0.5) is 0 Å². The number of ether oxygens (including phenoxy) is 1. The second kappa shape index (κ2) is 7.41. The number of hydrogen-bond acceptors (Lipinski definition) is 4. The molecule has 0 spiro atoms. The van der Waals surface area contributed by atoms with E-state index in [9.17, 15) is 0 Å². The third kappa shape index (κ3) is 3.73. The van der Waals surface area contributed by atoms with E-state index in [1.165, 1.54) is 18.5 Å². The Labute approximate surface area is 130 Å². The van der Waals surface area contributed by atoms with Gasteiger partial charge in [0, 0.05) is 32.2 Å². The van der Waals surface area contributed by atoms with Gasteiger partial charge < -0.3 is 15.4 Å². The van der Waals surface area contributed by atoms with E-state index in [2.05, 4.69) is 44.9 Å². The molecule has 20 heavy (non-hydrogen) atoms. The minimum Gasteiger partial charge on any atom is -0.496 e. The van der Waals surface area contributed by atoms with Crippen LogP contribution >= 0.6 is 15.9 Å². The third-order valence-electron chi connectivity index (χ3n) is 3.98. The number of nitrogens with two attached hydrogens (primary N) is 1. The monoisotopic (exact) mass is 341 g/mol. The summed E-state index contributed by atoms with van der Waals surface area (Å²) < 4.78 is 6.28. The summed E-state index contributed by atoms with van der Waals surface area (Å²) in [6, 6.07) is 6.54. The summed E-state index contributed by atoms with van der Waals surface area (Å²) in [6.45, 7) is 5.09. The molecular formula is C15H24BrN3O. The Bertz CT molecular complexity index is 441. The summed E-state index contributed by atoms with van der Waals surface area (Å²) in [6.07, 6.45) is 1.20. The van der Waals surface area contributed by atoms with Crippen LogP contribution in [0.25, 0.3) is 0 Å². The van der Waals surface area contributed by atoms with Crippen LogP contribution in [0.3, 0.4) is 0 Å². The summed E-state index contributed by atoms with van der Waals surface area (Å²) in [5.41, 5.74) is 7.29. The third-order valence-corrected chi connectivity index (χ3v) is 4.60. The van der Waals surface area contributed by atoms with Crippen molar-refractivity contribution in [2.24, 2.45) is 5.73 Å². The zero-order valence-electron chi connectivity index (χ0n) is 12.3. The van der Waals surface area contributed by atoms with E-state index in [0.29, 0.717) is 6.54 Å². The molecule has 1 heterocycles. The van der Waals surface area contributed by atoms with Gasteiger partial charge in [0.2, 0.25) is 0 Å². The van der Waals surface area contributed by atoms with Crippen molar-refractivity contribution in [2.45, 2.75) is 12.5 Å². The van der Waals surface area contributed by atoms with E-state index >= 15 is 0 Å². The van der Waals surface area contributed by atoms with Crippen molar-refractivity contribution in [3.05, 3.63) is 28.2 Å². The fourth-order valence-corrected chi connectivity index (χ4v) is 3.32. The summed E-state index contributed by atoms with van der Waals surface area (Å²) in [5.74, 6) is 0.861. The van der Waals surface area contributed by atoms with E-state index in [-0.39, 0.29) is 6.04 Å². The number of rotatable bonds is 4. The van der Waals surface area contributed by atoms with E-state index in [0.717, 1.165) is 29.9 Å². The molecule has 0 aromatic heterocycles. The maximum atomic E-state index is 6.04. The van der Waals surface area contributed by atoms with Crippen LogP contribution in [0, 0.1) is 0 Å². The predicted molar refractivity (Wildman–Crippen MR) is 86.2 cm³/mol. The second-order valence-corrected chi connectivity index (χ2v) is 6.19. The van der Waals surface area contributed by atoms with Gasteiger partial charge in [0.05, 0.1) is 11.6 Å². The highest BCUT2D eigenvalue weighted by Crippen LogP contribution is 2.30. The van der Waals surface area contributed by atoms with Gasteiger partial charge in [-0.25, -0.2) is 0 Å². The average Bonchev–Trinajstić information content (AvgIpc) is 2.65. The quantitative estimate of drug-likeness (QED) is 0.910. The lowest BCUT2D eigenvalue weighted by Crippen LogP contribution is -2.36. The summed E-state index contributed by atoms with van der Waals surface area (Å²) in [4.78, 5) is 4.88. The lowest BCUT2D eigenvalue weighted by atomic mass is 10.0. The molecule has 1 aliphatic heterocycles. The molecule has 1 unspecified atom stereocenters. The lowest BCUT2D eigenvalue weighted by molar-refractivity contribution is 0.208. The number of nitrogens with zero attached hydrogens (tertiary/aromatic N) is 2. The van der Waals surface area contributed by atoms with Crippen molar-refractivity contribution in [1.29, 1.82) is 0 Å². The molecule has 1 fully saturated rings. The number of methoxy groups -OCH3 is 1. The SMILES string of the molecule is COc1ccc(C(CN)N2CCCN(C)CC2)cc1Br. The zero-order chi connectivity index (χ0) is 14.5. The van der Waals surface area contributed by atoms with Gasteiger partial charge in [0.15, 0.2) is 0 Å². The molecule has 0 radical (unpaired) electrons. The molecule has 1 saturated heterocycles. The molecule has 2 rings (SSSR count). The van der Waals surface area contributed by atoms with E-state index < -0.39 is 0 Å². The molecule has 1 aliphatic rings. The maximum Gasteiger partial charge on any atom is 0.133 e. The maximum absolute atomic E-state index is 6.04. The molecule has 2 N–H and O–H groups in total. The fourth-order valence-electron chi connectivity index (χ4n) is 2.76. The predicted octanol–water partition coefficient (Wildman–Crippen LogP) is 2.10. The van der Waals surface area contributed by atoms with Gasteiger partial charge >= 0.3 is 0 Å². The van der Waals surface area contributed by atoms with E-state index in [4.69, 9.17) is 10.5 Å². The summed E-state index contributed by atoms with van der Waals surface area (Å²) in [7, 11) is 3.87. The standard InChI is InChI=1S/C15H24BrN3O/c1-18-6-3-7-19(9-8-18)14(11-17)12-4-5-15(20-2)13(16)10-12/h4-5,10,14H,3,6-9,11,17H2,1-2H3. The molecule has 0 aliphatic carbocycles. The van der Waals surface area contributed by atoms with Crippen molar-refractivity contribution in [2.75, 3.05) is 46.9 Å². The van der Waals surface area contributed by atoms with Crippen LogP contribution in [-0.4, -0.2) is 56.7 Å². The number of halogens is 1. The van der Waals surface area contributed by atoms with Crippen LogP contribution in [0.15, 0.2) is 22.7 Å². The second-order valence-electron chi connectivity index (χ2n) is 5.34. The highest BCUT2D eigenvalue weighted by Gasteiger charge is 2.22. The van der Waals surface area contributed by atoms with Gasteiger partial charge in [-0.2, -0.15) is 0 Å². The Morgan fingerprint density at radius 1 is 1.30 bits per heavy atom. The van der Waals surface area contributed by atoms with Gasteiger partial charge in [-0.15, -0.1) is 0 Å². The average molecular weight is 342 g/mol. The highest BCUT2D eigenvalue weighted by atomic mass is 79.9. The largest absolute Gasteiger partial charge is 0.496 e. The van der Waals surface area contributed by atoms with Gasteiger partial charge in [-0.1, -0.05) is 6.07 Å². The van der Waals surface area contributed by atoms with Gasteiger partial charge in [0.25, 0.3) is 0 Å². The van der Waals surface area contributed by atoms with Crippen LogP contribution in [0.2, 0.25) is 0 Å². The normalized spacial score (nSPS) is 19.6. The van der Waals surface area contributed by atoms with Gasteiger partial charge in [0.1, 0.15) is 5.75 Å². The molecule has 112 valence electrons. The molecular weight excluding hydrogens is 318 g/mol. The lowest BCUT2D eigenvalue weighted by Gasteiger charge is -2.30. The fraction of sp³-hybridized carbons (Fsp3) is 0.600. The molecule has 1 aromatic rings. The molecule has 0 saturated carbocycles. The first-order valence-electron chi connectivity index (χ1n) is 7.11. The molecule has 0 amide bonds. The van der Waals surface area contributed by atoms with Crippen LogP contribution in [0.5, 0.6) is 5.75 Å². The topological polar surface area (TPSA) is 41.7 Å². The number of benzene rings is 1. The molecule has 0 bridgehead atoms. The van der Waals surface area contributed by atoms with E-state index in [1.54, 1.807) is 7.11 Å². The Morgan fingerprint density at radius 3 is 2.75 bits per heavy atom. The van der Waals surface area contributed by atoms with Crippen LogP contribution in [0.1, 0.15) is 18.0 Å². The number of likely N-dealkylation sites (N-methyl/N-ethyl adjacent to an activating group) is 1. The Kier molecular flexibility index (Phi) is 5.84. The first-order chi connectivity index (χ1) is 9.65. The first-order valence-corrected chi connectivity index (χ1v) is 7.91. The van der Waals surface area contributed by atoms with Gasteiger partial charge in [-0.05, 0) is 53.6 Å². The molecule has 5 heteroatoms. The van der Waals surface area contributed by atoms with Crippen LogP contribution < -0.4 is 10.5 Å². The van der Waals surface area contributed by atoms with Crippen molar-refractivity contribution in [3.8, 4) is 5.75 Å².